The van der Waals surface area contributed by atoms with Crippen LogP contribution in [0.25, 0.3) is 0 Å². The van der Waals surface area contributed by atoms with Crippen LogP contribution in [0, 0.1) is 0 Å². The van der Waals surface area contributed by atoms with Gasteiger partial charge in [-0.15, -0.1) is 0 Å². The van der Waals surface area contributed by atoms with Crippen LogP contribution in [0.15, 0.2) is 18.2 Å². The summed E-state index contributed by atoms with van der Waals surface area (Å²) in [5.41, 5.74) is 6.95. The van der Waals surface area contributed by atoms with Crippen molar-refractivity contribution in [2.45, 2.75) is 32.4 Å². The molecule has 0 aliphatic carbocycles. The molecule has 4 heteroatoms. The summed E-state index contributed by atoms with van der Waals surface area (Å²) in [6.45, 7) is 4.51. The van der Waals surface area contributed by atoms with Crippen molar-refractivity contribution in [3.63, 3.8) is 0 Å². The Kier molecular flexibility index (Phi) is 5.56. The molecule has 1 atom stereocenters. The molecule has 1 unspecified atom stereocenters. The fourth-order valence-electron chi connectivity index (χ4n) is 1.34. The number of hydrogen-bond acceptors (Lipinski definition) is 2. The minimum absolute atomic E-state index is 0.0407. The Morgan fingerprint density at radius 3 is 2.56 bits per heavy atom. The van der Waals surface area contributed by atoms with Crippen molar-refractivity contribution < 1.29 is 4.74 Å². The van der Waals surface area contributed by atoms with Crippen LogP contribution in [0.1, 0.15) is 19.4 Å². The Hall–Kier alpha value is -0.280. The minimum Gasteiger partial charge on any atom is -0.377 e. The summed E-state index contributed by atoms with van der Waals surface area (Å²) >= 11 is 11.9. The smallest absolute Gasteiger partial charge is 0.0624 e. The molecule has 0 amide bonds. The first-order valence-corrected chi connectivity index (χ1v) is 6.05. The molecule has 90 valence electrons. The second-order valence-corrected chi connectivity index (χ2v) is 4.93. The third-order valence-corrected chi connectivity index (χ3v) is 2.73. The average molecular weight is 262 g/mol. The van der Waals surface area contributed by atoms with Crippen LogP contribution in [0.4, 0.5) is 0 Å². The summed E-state index contributed by atoms with van der Waals surface area (Å²) in [7, 11) is 0. The molecule has 0 heterocycles. The van der Waals surface area contributed by atoms with Gasteiger partial charge in [-0.05, 0) is 38.0 Å². The standard InChI is InChI=1S/C12H17Cl2NO/c1-8(2)16-7-11(15)5-9-3-4-10(13)6-12(9)14/h3-4,6,8,11H,5,7,15H2,1-2H3. The van der Waals surface area contributed by atoms with Gasteiger partial charge in [-0.1, -0.05) is 29.3 Å². The highest BCUT2D eigenvalue weighted by Gasteiger charge is 2.08. The van der Waals surface area contributed by atoms with Gasteiger partial charge in [0.25, 0.3) is 0 Å². The van der Waals surface area contributed by atoms with Gasteiger partial charge in [0.05, 0.1) is 12.7 Å². The predicted octanol–water partition coefficient (Wildman–Crippen LogP) is 3.29. The zero-order valence-electron chi connectivity index (χ0n) is 9.54. The fourth-order valence-corrected chi connectivity index (χ4v) is 1.83. The lowest BCUT2D eigenvalue weighted by Crippen LogP contribution is -2.30. The second kappa shape index (κ2) is 6.45. The quantitative estimate of drug-likeness (QED) is 0.883. The average Bonchev–Trinajstić information content (AvgIpc) is 2.19. The van der Waals surface area contributed by atoms with Crippen molar-refractivity contribution in [1.82, 2.24) is 0 Å². The van der Waals surface area contributed by atoms with E-state index in [9.17, 15) is 0 Å². The summed E-state index contributed by atoms with van der Waals surface area (Å²) in [6.07, 6.45) is 0.898. The molecule has 2 nitrogen and oxygen atoms in total. The number of halogens is 2. The molecule has 1 rings (SSSR count). The molecule has 0 aliphatic heterocycles. The SMILES string of the molecule is CC(C)OCC(N)Cc1ccc(Cl)cc1Cl. The summed E-state index contributed by atoms with van der Waals surface area (Å²) < 4.78 is 5.45. The summed E-state index contributed by atoms with van der Waals surface area (Å²) in [4.78, 5) is 0. The van der Waals surface area contributed by atoms with E-state index in [0.717, 1.165) is 5.56 Å². The summed E-state index contributed by atoms with van der Waals surface area (Å²) in [5.74, 6) is 0. The molecule has 0 radical (unpaired) electrons. The van der Waals surface area contributed by atoms with Gasteiger partial charge in [0.15, 0.2) is 0 Å². The normalized spacial score (nSPS) is 13.1. The highest BCUT2D eigenvalue weighted by molar-refractivity contribution is 6.35. The lowest BCUT2D eigenvalue weighted by Gasteiger charge is -2.15. The zero-order valence-corrected chi connectivity index (χ0v) is 11.1. The van der Waals surface area contributed by atoms with Crippen LogP contribution in [-0.2, 0) is 11.2 Å². The van der Waals surface area contributed by atoms with Crippen LogP contribution < -0.4 is 5.73 Å². The van der Waals surface area contributed by atoms with Crippen molar-refractivity contribution in [1.29, 1.82) is 0 Å². The Labute approximate surface area is 107 Å². The molecule has 0 fully saturated rings. The number of nitrogens with two attached hydrogens (primary N) is 1. The van der Waals surface area contributed by atoms with Crippen LogP contribution in [0.2, 0.25) is 10.0 Å². The predicted molar refractivity (Wildman–Crippen MR) is 69.2 cm³/mol. The molecule has 2 N–H and O–H groups in total. The minimum atomic E-state index is -0.0407. The first-order valence-electron chi connectivity index (χ1n) is 5.30. The first kappa shape index (κ1) is 13.8. The molecule has 0 aliphatic rings. The fraction of sp³-hybridized carbons (Fsp3) is 0.500. The van der Waals surface area contributed by atoms with Gasteiger partial charge in [0.1, 0.15) is 0 Å². The van der Waals surface area contributed by atoms with E-state index in [1.807, 2.05) is 26.0 Å². The van der Waals surface area contributed by atoms with Crippen LogP contribution in [0.3, 0.4) is 0 Å². The van der Waals surface area contributed by atoms with E-state index >= 15 is 0 Å². The molecule has 0 saturated carbocycles. The van der Waals surface area contributed by atoms with E-state index in [4.69, 9.17) is 33.7 Å². The van der Waals surface area contributed by atoms with Crippen LogP contribution in [0.5, 0.6) is 0 Å². The molecular weight excluding hydrogens is 245 g/mol. The Morgan fingerprint density at radius 1 is 1.31 bits per heavy atom. The zero-order chi connectivity index (χ0) is 12.1. The molecule has 1 aromatic carbocycles. The van der Waals surface area contributed by atoms with Crippen LogP contribution >= 0.6 is 23.2 Å². The maximum absolute atomic E-state index is 6.06. The van der Waals surface area contributed by atoms with Gasteiger partial charge in [0, 0.05) is 16.1 Å². The number of rotatable bonds is 5. The maximum atomic E-state index is 6.06. The Balaban J connectivity index is 2.52. The maximum Gasteiger partial charge on any atom is 0.0624 e. The van der Waals surface area contributed by atoms with E-state index < -0.39 is 0 Å². The number of hydrogen-bond donors (Lipinski definition) is 1. The molecule has 16 heavy (non-hydrogen) atoms. The molecular formula is C12H17Cl2NO. The lowest BCUT2D eigenvalue weighted by molar-refractivity contribution is 0.0684. The number of benzene rings is 1. The third-order valence-electron chi connectivity index (χ3n) is 2.14. The van der Waals surface area contributed by atoms with E-state index in [1.165, 1.54) is 0 Å². The molecule has 1 aromatic rings. The monoisotopic (exact) mass is 261 g/mol. The van der Waals surface area contributed by atoms with E-state index in [1.54, 1.807) is 6.07 Å². The van der Waals surface area contributed by atoms with Gasteiger partial charge in [-0.3, -0.25) is 0 Å². The third kappa shape index (κ3) is 4.71. The molecule has 0 spiro atoms. The second-order valence-electron chi connectivity index (χ2n) is 4.08. The Bertz CT molecular complexity index is 342. The van der Waals surface area contributed by atoms with E-state index in [-0.39, 0.29) is 12.1 Å². The molecule has 0 aromatic heterocycles. The van der Waals surface area contributed by atoms with Gasteiger partial charge < -0.3 is 10.5 Å². The van der Waals surface area contributed by atoms with Crippen LogP contribution in [-0.4, -0.2) is 18.8 Å². The largest absolute Gasteiger partial charge is 0.377 e. The van der Waals surface area contributed by atoms with Gasteiger partial charge in [-0.25, -0.2) is 0 Å². The van der Waals surface area contributed by atoms with Crippen molar-refractivity contribution in [3.8, 4) is 0 Å². The highest BCUT2D eigenvalue weighted by Crippen LogP contribution is 2.21. The first-order chi connectivity index (χ1) is 7.49. The molecule has 0 bridgehead atoms. The summed E-state index contributed by atoms with van der Waals surface area (Å²) in [5, 5.41) is 1.30. The Morgan fingerprint density at radius 2 is 2.00 bits per heavy atom. The van der Waals surface area contributed by atoms with Crippen molar-refractivity contribution in [3.05, 3.63) is 33.8 Å². The van der Waals surface area contributed by atoms with Gasteiger partial charge in [0.2, 0.25) is 0 Å². The van der Waals surface area contributed by atoms with Gasteiger partial charge in [-0.2, -0.15) is 0 Å². The summed E-state index contributed by atoms with van der Waals surface area (Å²) in [6, 6.07) is 5.41. The highest BCUT2D eigenvalue weighted by atomic mass is 35.5. The lowest BCUT2D eigenvalue weighted by atomic mass is 10.1. The number of ether oxygens (including phenoxy) is 1. The molecule has 0 saturated heterocycles. The van der Waals surface area contributed by atoms with E-state index in [0.29, 0.717) is 23.1 Å². The van der Waals surface area contributed by atoms with E-state index in [2.05, 4.69) is 0 Å². The van der Waals surface area contributed by atoms with Crippen molar-refractivity contribution >= 4 is 23.2 Å². The van der Waals surface area contributed by atoms with Crippen molar-refractivity contribution in [2.75, 3.05) is 6.61 Å². The van der Waals surface area contributed by atoms with Crippen molar-refractivity contribution in [2.24, 2.45) is 5.73 Å². The van der Waals surface area contributed by atoms with Gasteiger partial charge >= 0.3 is 0 Å². The topological polar surface area (TPSA) is 35.2 Å².